The van der Waals surface area contributed by atoms with Gasteiger partial charge in [-0.05, 0) is 78.9 Å². The zero-order valence-corrected chi connectivity index (χ0v) is 19.4. The van der Waals surface area contributed by atoms with Gasteiger partial charge in [0.05, 0.1) is 0 Å². The quantitative estimate of drug-likeness (QED) is 0.453. The molecule has 0 aromatic rings. The summed E-state index contributed by atoms with van der Waals surface area (Å²) in [5, 5.41) is 0. The number of hydrogen-bond donors (Lipinski definition) is 0. The Labute approximate surface area is 171 Å². The smallest absolute Gasteiger partial charge is 0.0326 e. The van der Waals surface area contributed by atoms with E-state index < -0.39 is 0 Å². The van der Waals surface area contributed by atoms with E-state index in [2.05, 4.69) is 34.6 Å². The maximum atomic E-state index is 2.59. The molecule has 0 amide bonds. The van der Waals surface area contributed by atoms with Crippen LogP contribution >= 0.6 is 0 Å². The van der Waals surface area contributed by atoms with Crippen molar-refractivity contribution in [1.29, 1.82) is 0 Å². The Morgan fingerprint density at radius 3 is 1.78 bits per heavy atom. The van der Waals surface area contributed by atoms with E-state index in [1.54, 1.807) is 32.1 Å². The zero-order valence-electron chi connectivity index (χ0n) is 19.4. The van der Waals surface area contributed by atoms with Crippen molar-refractivity contribution in [3.63, 3.8) is 0 Å². The second-order valence-corrected chi connectivity index (χ2v) is 11.6. The first kappa shape index (κ1) is 21.7. The molecule has 0 heteroatoms. The molecule has 0 N–H and O–H groups in total. The minimum absolute atomic E-state index is 0.994. The highest BCUT2D eigenvalue weighted by Crippen LogP contribution is 2.54. The Morgan fingerprint density at radius 1 is 0.630 bits per heavy atom. The maximum Gasteiger partial charge on any atom is -0.0326 e. The fourth-order valence-corrected chi connectivity index (χ4v) is 7.51. The van der Waals surface area contributed by atoms with Gasteiger partial charge in [0, 0.05) is 0 Å². The fourth-order valence-electron chi connectivity index (χ4n) is 7.51. The zero-order chi connectivity index (χ0) is 19.4. The summed E-state index contributed by atoms with van der Waals surface area (Å²) in [4.78, 5) is 0. The van der Waals surface area contributed by atoms with Crippen LogP contribution in [0, 0.1) is 53.3 Å². The summed E-state index contributed by atoms with van der Waals surface area (Å²) in [5.74, 6) is 9.51. The van der Waals surface area contributed by atoms with Crippen LogP contribution in [0.4, 0.5) is 0 Å². The topological polar surface area (TPSA) is 0 Å². The molecular formula is C27H50. The normalized spacial score (nSPS) is 47.7. The van der Waals surface area contributed by atoms with Gasteiger partial charge in [0.2, 0.25) is 0 Å². The molecule has 4 aliphatic rings. The van der Waals surface area contributed by atoms with Gasteiger partial charge in [-0.3, -0.25) is 0 Å². The third-order valence-electron chi connectivity index (χ3n) is 9.71. The summed E-state index contributed by atoms with van der Waals surface area (Å²) >= 11 is 0. The van der Waals surface area contributed by atoms with Crippen LogP contribution in [0.2, 0.25) is 0 Å². The van der Waals surface area contributed by atoms with Gasteiger partial charge >= 0.3 is 0 Å². The molecule has 0 aromatic carbocycles. The van der Waals surface area contributed by atoms with Crippen molar-refractivity contribution in [3.05, 3.63) is 0 Å². The molecule has 4 rings (SSSR count). The Hall–Kier alpha value is 0. The van der Waals surface area contributed by atoms with Gasteiger partial charge in [0.1, 0.15) is 0 Å². The highest BCUT2D eigenvalue weighted by Gasteiger charge is 2.46. The van der Waals surface area contributed by atoms with Crippen LogP contribution in [0.25, 0.3) is 0 Å². The summed E-state index contributed by atoms with van der Waals surface area (Å²) in [6, 6.07) is 0. The van der Waals surface area contributed by atoms with Crippen LogP contribution in [0.5, 0.6) is 0 Å². The first-order valence-electron chi connectivity index (χ1n) is 13.0. The Kier molecular flexibility index (Phi) is 8.16. The van der Waals surface area contributed by atoms with E-state index in [1.165, 1.54) is 51.4 Å². The average molecular weight is 375 g/mol. The van der Waals surface area contributed by atoms with Gasteiger partial charge in [0.15, 0.2) is 0 Å². The largest absolute Gasteiger partial charge is 0.0651 e. The van der Waals surface area contributed by atoms with Gasteiger partial charge in [-0.25, -0.2) is 0 Å². The first-order valence-corrected chi connectivity index (χ1v) is 13.0. The van der Waals surface area contributed by atoms with Crippen LogP contribution in [0.3, 0.4) is 0 Å². The van der Waals surface area contributed by atoms with Crippen molar-refractivity contribution in [3.8, 4) is 0 Å². The first-order chi connectivity index (χ1) is 13.0. The van der Waals surface area contributed by atoms with Crippen molar-refractivity contribution in [2.24, 2.45) is 53.3 Å². The van der Waals surface area contributed by atoms with E-state index in [9.17, 15) is 0 Å². The molecule has 5 atom stereocenters. The molecule has 158 valence electrons. The van der Waals surface area contributed by atoms with E-state index in [1.807, 2.05) is 0 Å². The lowest BCUT2D eigenvalue weighted by atomic mass is 9.57. The van der Waals surface area contributed by atoms with Crippen LogP contribution in [-0.2, 0) is 0 Å². The molecule has 27 heavy (non-hydrogen) atoms. The summed E-state index contributed by atoms with van der Waals surface area (Å²) in [6.45, 7) is 12.3. The number of fused-ring (bicyclic) bond motifs is 1. The molecule has 4 aliphatic carbocycles. The van der Waals surface area contributed by atoms with Crippen LogP contribution in [-0.4, -0.2) is 0 Å². The van der Waals surface area contributed by atoms with E-state index in [0.717, 1.165) is 53.3 Å². The lowest BCUT2D eigenvalue weighted by Crippen LogP contribution is -2.41. The molecule has 0 aliphatic heterocycles. The SMILES string of the molecule is CC1CCC(C)CC1.CCC1CCC(C2C(C)C(C)CC3CCCC32)CC1. The molecule has 0 heterocycles. The van der Waals surface area contributed by atoms with Gasteiger partial charge in [0.25, 0.3) is 0 Å². The van der Waals surface area contributed by atoms with Crippen molar-refractivity contribution < 1.29 is 0 Å². The van der Waals surface area contributed by atoms with Gasteiger partial charge in [-0.15, -0.1) is 0 Å². The van der Waals surface area contributed by atoms with Crippen molar-refractivity contribution in [2.75, 3.05) is 0 Å². The van der Waals surface area contributed by atoms with Crippen molar-refractivity contribution in [2.45, 2.75) is 118 Å². The van der Waals surface area contributed by atoms with Gasteiger partial charge in [-0.2, -0.15) is 0 Å². The monoisotopic (exact) mass is 374 g/mol. The molecule has 5 unspecified atom stereocenters. The second-order valence-electron chi connectivity index (χ2n) is 11.6. The lowest BCUT2D eigenvalue weighted by molar-refractivity contribution is 0.0111. The molecular weight excluding hydrogens is 324 g/mol. The predicted octanol–water partition coefficient (Wildman–Crippen LogP) is 8.74. The Morgan fingerprint density at radius 2 is 1.22 bits per heavy atom. The van der Waals surface area contributed by atoms with E-state index in [-0.39, 0.29) is 0 Å². The molecule has 0 saturated heterocycles. The Balaban J connectivity index is 0.000000221. The molecule has 0 bridgehead atoms. The van der Waals surface area contributed by atoms with Crippen molar-refractivity contribution in [1.82, 2.24) is 0 Å². The summed E-state index contributed by atoms with van der Waals surface area (Å²) in [5.41, 5.74) is 0. The lowest BCUT2D eigenvalue weighted by Gasteiger charge is -2.48. The van der Waals surface area contributed by atoms with E-state index in [0.29, 0.717) is 0 Å². The summed E-state index contributed by atoms with van der Waals surface area (Å²) < 4.78 is 0. The average Bonchev–Trinajstić information content (AvgIpc) is 3.13. The van der Waals surface area contributed by atoms with E-state index in [4.69, 9.17) is 0 Å². The van der Waals surface area contributed by atoms with Crippen LogP contribution in [0.1, 0.15) is 118 Å². The molecule has 4 fully saturated rings. The van der Waals surface area contributed by atoms with Gasteiger partial charge < -0.3 is 0 Å². The third-order valence-corrected chi connectivity index (χ3v) is 9.71. The van der Waals surface area contributed by atoms with Gasteiger partial charge in [-0.1, -0.05) is 92.4 Å². The number of rotatable bonds is 2. The Bertz CT molecular complexity index is 400. The van der Waals surface area contributed by atoms with E-state index >= 15 is 0 Å². The van der Waals surface area contributed by atoms with Crippen LogP contribution < -0.4 is 0 Å². The second kappa shape index (κ2) is 10.2. The number of hydrogen-bond acceptors (Lipinski definition) is 0. The minimum Gasteiger partial charge on any atom is -0.0651 e. The molecule has 0 aromatic heterocycles. The molecule has 0 spiro atoms. The summed E-state index contributed by atoms with van der Waals surface area (Å²) in [7, 11) is 0. The molecule has 0 radical (unpaired) electrons. The highest BCUT2D eigenvalue weighted by atomic mass is 14.5. The molecule has 4 saturated carbocycles. The minimum atomic E-state index is 0.994. The molecule has 0 nitrogen and oxygen atoms in total. The standard InChI is InChI=1S/C19H34.C8H16/c1-4-15-8-10-16(11-9-15)19-14(3)13(2)12-17-6-5-7-18(17)19;1-7-3-5-8(2)6-4-7/h13-19H,4-12H2,1-3H3;7-8H,3-6H2,1-2H3. The highest BCUT2D eigenvalue weighted by molar-refractivity contribution is 4.95. The predicted molar refractivity (Wildman–Crippen MR) is 120 cm³/mol. The van der Waals surface area contributed by atoms with Crippen molar-refractivity contribution >= 4 is 0 Å². The fraction of sp³-hybridized carbons (Fsp3) is 1.00. The maximum absolute atomic E-state index is 2.59. The van der Waals surface area contributed by atoms with Crippen LogP contribution in [0.15, 0.2) is 0 Å². The third kappa shape index (κ3) is 5.54. The summed E-state index contributed by atoms with van der Waals surface area (Å²) in [6.07, 6.45) is 19.7.